The molecule has 0 amide bonds. The number of aromatic nitrogens is 1. The van der Waals surface area contributed by atoms with Crippen LogP contribution in [0.3, 0.4) is 0 Å². The number of hydrogen-bond donors (Lipinski definition) is 1. The molecule has 0 aliphatic rings. The molecule has 2 nitrogen and oxygen atoms in total. The van der Waals surface area contributed by atoms with Crippen LogP contribution in [-0.2, 0) is 0 Å². The molecule has 0 aliphatic heterocycles. The van der Waals surface area contributed by atoms with Crippen LogP contribution in [0.25, 0.3) is 16.6 Å². The van der Waals surface area contributed by atoms with Crippen molar-refractivity contribution < 1.29 is 9.50 Å². The summed E-state index contributed by atoms with van der Waals surface area (Å²) in [5.74, 6) is -0.0300. The number of rotatable bonds is 1. The minimum atomic E-state index is -0.244. The van der Waals surface area contributed by atoms with Crippen LogP contribution in [0, 0.1) is 5.82 Å². The maximum Gasteiger partial charge on any atom is 0.123 e. The van der Waals surface area contributed by atoms with Crippen LogP contribution in [0.15, 0.2) is 54.7 Å². The highest BCUT2D eigenvalue weighted by Gasteiger charge is 2.04. The number of phenolic OH excluding ortho intramolecular Hbond substituents is 1. The Hall–Kier alpha value is -2.29. The van der Waals surface area contributed by atoms with E-state index in [9.17, 15) is 9.50 Å². The largest absolute Gasteiger partial charge is 0.508 e. The molecule has 1 heterocycles. The molecule has 84 valence electrons. The predicted octanol–water partition coefficient (Wildman–Crippen LogP) is 3.48. The van der Waals surface area contributed by atoms with E-state index in [1.807, 2.05) is 22.9 Å². The van der Waals surface area contributed by atoms with E-state index in [4.69, 9.17) is 0 Å². The van der Waals surface area contributed by atoms with Crippen LogP contribution in [0.5, 0.6) is 5.75 Å². The fourth-order valence-corrected chi connectivity index (χ4v) is 1.98. The van der Waals surface area contributed by atoms with Crippen LogP contribution >= 0.6 is 0 Å². The zero-order valence-electron chi connectivity index (χ0n) is 8.97. The second-order valence-corrected chi connectivity index (χ2v) is 3.91. The van der Waals surface area contributed by atoms with Gasteiger partial charge >= 0.3 is 0 Å². The lowest BCUT2D eigenvalue weighted by molar-refractivity contribution is 0.475. The van der Waals surface area contributed by atoms with Crippen molar-refractivity contribution in [2.45, 2.75) is 0 Å². The summed E-state index contributed by atoms with van der Waals surface area (Å²) in [7, 11) is 0. The Morgan fingerprint density at radius 3 is 2.71 bits per heavy atom. The number of benzene rings is 2. The van der Waals surface area contributed by atoms with Gasteiger partial charge in [0.25, 0.3) is 0 Å². The van der Waals surface area contributed by atoms with Crippen LogP contribution in [0.1, 0.15) is 0 Å². The fourth-order valence-electron chi connectivity index (χ4n) is 1.98. The van der Waals surface area contributed by atoms with Crippen LogP contribution < -0.4 is 0 Å². The summed E-state index contributed by atoms with van der Waals surface area (Å²) < 4.78 is 15.0. The first-order valence-corrected chi connectivity index (χ1v) is 5.30. The summed E-state index contributed by atoms with van der Waals surface area (Å²) in [5.41, 5.74) is 1.77. The van der Waals surface area contributed by atoms with Crippen molar-refractivity contribution in [1.82, 2.24) is 4.57 Å². The third-order valence-electron chi connectivity index (χ3n) is 2.76. The fraction of sp³-hybridized carbons (Fsp3) is 0. The van der Waals surface area contributed by atoms with Crippen LogP contribution in [-0.4, -0.2) is 9.67 Å². The molecular formula is C14H10FNO. The smallest absolute Gasteiger partial charge is 0.123 e. The summed E-state index contributed by atoms with van der Waals surface area (Å²) in [4.78, 5) is 0. The molecule has 17 heavy (non-hydrogen) atoms. The molecule has 1 aromatic heterocycles. The molecule has 3 rings (SSSR count). The van der Waals surface area contributed by atoms with Gasteiger partial charge in [-0.2, -0.15) is 0 Å². The van der Waals surface area contributed by atoms with Gasteiger partial charge in [0.05, 0.1) is 5.52 Å². The van der Waals surface area contributed by atoms with Crippen molar-refractivity contribution in [2.24, 2.45) is 0 Å². The third kappa shape index (κ3) is 1.65. The predicted molar refractivity (Wildman–Crippen MR) is 64.9 cm³/mol. The average Bonchev–Trinajstić information content (AvgIpc) is 2.71. The Morgan fingerprint density at radius 1 is 1.00 bits per heavy atom. The van der Waals surface area contributed by atoms with E-state index in [0.29, 0.717) is 0 Å². The molecule has 0 saturated heterocycles. The van der Waals surface area contributed by atoms with Gasteiger partial charge in [-0.1, -0.05) is 6.07 Å². The monoisotopic (exact) mass is 227 g/mol. The van der Waals surface area contributed by atoms with Gasteiger partial charge in [-0.15, -0.1) is 0 Å². The second kappa shape index (κ2) is 3.63. The standard InChI is InChI=1S/C14H10FNO/c15-11-4-5-14-10(8-11)6-7-16(14)12-2-1-3-13(17)9-12/h1-9,17H. The minimum absolute atomic E-state index is 0.214. The summed E-state index contributed by atoms with van der Waals surface area (Å²) in [6, 6.07) is 13.5. The Kier molecular flexibility index (Phi) is 2.11. The molecule has 0 radical (unpaired) electrons. The van der Waals surface area contributed by atoms with E-state index in [1.165, 1.54) is 12.1 Å². The topological polar surface area (TPSA) is 25.2 Å². The van der Waals surface area contributed by atoms with Crippen LogP contribution in [0.2, 0.25) is 0 Å². The molecule has 0 bridgehead atoms. The van der Waals surface area contributed by atoms with Gasteiger partial charge in [-0.3, -0.25) is 0 Å². The van der Waals surface area contributed by atoms with Gasteiger partial charge < -0.3 is 9.67 Å². The van der Waals surface area contributed by atoms with E-state index in [0.717, 1.165) is 16.6 Å². The van der Waals surface area contributed by atoms with Crippen molar-refractivity contribution in [3.05, 3.63) is 60.5 Å². The summed E-state index contributed by atoms with van der Waals surface area (Å²) in [6.45, 7) is 0. The number of hydrogen-bond acceptors (Lipinski definition) is 1. The van der Waals surface area contributed by atoms with E-state index < -0.39 is 0 Å². The van der Waals surface area contributed by atoms with Crippen molar-refractivity contribution in [3.8, 4) is 11.4 Å². The van der Waals surface area contributed by atoms with Crippen molar-refractivity contribution >= 4 is 10.9 Å². The molecule has 0 saturated carbocycles. The molecule has 3 heteroatoms. The third-order valence-corrected chi connectivity index (χ3v) is 2.76. The van der Waals surface area contributed by atoms with Gasteiger partial charge in [0.15, 0.2) is 0 Å². The normalized spacial score (nSPS) is 10.9. The average molecular weight is 227 g/mol. The zero-order valence-corrected chi connectivity index (χ0v) is 8.97. The highest BCUT2D eigenvalue weighted by Crippen LogP contribution is 2.23. The number of halogens is 1. The minimum Gasteiger partial charge on any atom is -0.508 e. The molecule has 0 spiro atoms. The summed E-state index contributed by atoms with van der Waals surface area (Å²) in [6.07, 6.45) is 1.86. The maximum absolute atomic E-state index is 13.1. The zero-order chi connectivity index (χ0) is 11.8. The molecule has 3 aromatic rings. The molecule has 0 fully saturated rings. The van der Waals surface area contributed by atoms with Gasteiger partial charge in [0, 0.05) is 23.3 Å². The Bertz CT molecular complexity index is 688. The summed E-state index contributed by atoms with van der Waals surface area (Å²) in [5, 5.41) is 10.3. The van der Waals surface area contributed by atoms with Gasteiger partial charge in [-0.25, -0.2) is 4.39 Å². The van der Waals surface area contributed by atoms with Crippen molar-refractivity contribution in [1.29, 1.82) is 0 Å². The maximum atomic E-state index is 13.1. The number of phenols is 1. The molecule has 0 unspecified atom stereocenters. The first kappa shape index (κ1) is 9.90. The highest BCUT2D eigenvalue weighted by atomic mass is 19.1. The van der Waals surface area contributed by atoms with E-state index >= 15 is 0 Å². The quantitative estimate of drug-likeness (QED) is 0.676. The molecular weight excluding hydrogens is 217 g/mol. The number of fused-ring (bicyclic) bond motifs is 1. The van der Waals surface area contributed by atoms with Crippen molar-refractivity contribution in [2.75, 3.05) is 0 Å². The summed E-state index contributed by atoms with van der Waals surface area (Å²) >= 11 is 0. The van der Waals surface area contributed by atoms with Crippen LogP contribution in [0.4, 0.5) is 4.39 Å². The lowest BCUT2D eigenvalue weighted by Crippen LogP contribution is -1.90. The molecule has 1 N–H and O–H groups in total. The van der Waals surface area contributed by atoms with E-state index in [2.05, 4.69) is 0 Å². The van der Waals surface area contributed by atoms with Crippen molar-refractivity contribution in [3.63, 3.8) is 0 Å². The van der Waals surface area contributed by atoms with E-state index in [1.54, 1.807) is 24.3 Å². The first-order chi connectivity index (χ1) is 8.24. The van der Waals surface area contributed by atoms with Gasteiger partial charge in [-0.05, 0) is 36.4 Å². The molecule has 2 aromatic carbocycles. The van der Waals surface area contributed by atoms with Gasteiger partial charge in [0.2, 0.25) is 0 Å². The van der Waals surface area contributed by atoms with Gasteiger partial charge in [0.1, 0.15) is 11.6 Å². The SMILES string of the molecule is Oc1cccc(-n2ccc3cc(F)ccc32)c1. The Morgan fingerprint density at radius 2 is 1.88 bits per heavy atom. The molecule has 0 aliphatic carbocycles. The van der Waals surface area contributed by atoms with E-state index in [-0.39, 0.29) is 11.6 Å². The number of aromatic hydroxyl groups is 1. The number of nitrogens with zero attached hydrogens (tertiary/aromatic N) is 1. The molecule has 0 atom stereocenters. The Labute approximate surface area is 97.5 Å². The lowest BCUT2D eigenvalue weighted by atomic mass is 10.2. The lowest BCUT2D eigenvalue weighted by Gasteiger charge is -2.05. The second-order valence-electron chi connectivity index (χ2n) is 3.91. The highest BCUT2D eigenvalue weighted by molar-refractivity contribution is 5.82. The Balaban J connectivity index is 2.24. The first-order valence-electron chi connectivity index (χ1n) is 5.30.